The molecule has 0 spiro atoms. The summed E-state index contributed by atoms with van der Waals surface area (Å²) < 4.78 is 30.7. The van der Waals surface area contributed by atoms with Crippen molar-refractivity contribution >= 4 is 0 Å². The third-order valence-corrected chi connectivity index (χ3v) is 1.63. The molecule has 3 nitrogen and oxygen atoms in total. The summed E-state index contributed by atoms with van der Waals surface area (Å²) in [5.74, 6) is -2.76. The van der Waals surface area contributed by atoms with Crippen LogP contribution in [-0.4, -0.2) is 57.8 Å². The second-order valence-corrected chi connectivity index (χ2v) is 3.49. The van der Waals surface area contributed by atoms with Crippen LogP contribution in [0.2, 0.25) is 0 Å². The molecule has 0 rings (SSSR count). The number of likely N-dealkylation sites (N-methyl/N-ethyl adjacent to an activating group) is 1. The normalized spacial score (nSPS) is 12.4. The first-order valence-electron chi connectivity index (χ1n) is 4.79. The summed E-state index contributed by atoms with van der Waals surface area (Å²) in [7, 11) is 3.75. The highest BCUT2D eigenvalue weighted by Crippen LogP contribution is 2.11. The third-order valence-electron chi connectivity index (χ3n) is 1.63. The Kier molecular flexibility index (Phi) is 6.96. The Morgan fingerprint density at radius 2 is 2.00 bits per heavy atom. The molecule has 0 aliphatic rings. The maximum atomic E-state index is 12.9. The number of rotatable bonds is 8. The van der Waals surface area contributed by atoms with Crippen LogP contribution < -0.4 is 5.32 Å². The highest BCUT2D eigenvalue weighted by Gasteiger charge is 2.28. The Hall–Kier alpha value is -0.260. The van der Waals surface area contributed by atoms with E-state index in [1.807, 2.05) is 19.0 Å². The highest BCUT2D eigenvalue weighted by atomic mass is 19.3. The first-order chi connectivity index (χ1) is 6.48. The highest BCUT2D eigenvalue weighted by molar-refractivity contribution is 4.68. The molecule has 0 radical (unpaired) electrons. The zero-order valence-corrected chi connectivity index (χ0v) is 9.15. The molecule has 0 aromatic rings. The van der Waals surface area contributed by atoms with E-state index < -0.39 is 12.5 Å². The standard InChI is InChI=1S/C9H20F2N2O/c1-4-12-7-9(10,11)8-14-6-5-13(2)3/h12H,4-8H2,1-3H3. The van der Waals surface area contributed by atoms with Crippen LogP contribution in [0.25, 0.3) is 0 Å². The Morgan fingerprint density at radius 1 is 1.36 bits per heavy atom. The van der Waals surface area contributed by atoms with Crippen LogP contribution in [0.3, 0.4) is 0 Å². The van der Waals surface area contributed by atoms with Gasteiger partial charge in [-0.25, -0.2) is 8.78 Å². The van der Waals surface area contributed by atoms with Gasteiger partial charge in [-0.2, -0.15) is 0 Å². The number of nitrogens with zero attached hydrogens (tertiary/aromatic N) is 1. The smallest absolute Gasteiger partial charge is 0.283 e. The Balaban J connectivity index is 3.44. The van der Waals surface area contributed by atoms with Crippen molar-refractivity contribution in [2.24, 2.45) is 0 Å². The topological polar surface area (TPSA) is 24.5 Å². The largest absolute Gasteiger partial charge is 0.374 e. The summed E-state index contributed by atoms with van der Waals surface area (Å²) in [5.41, 5.74) is 0. The molecule has 0 amide bonds. The van der Waals surface area contributed by atoms with E-state index in [9.17, 15) is 8.78 Å². The van der Waals surface area contributed by atoms with Gasteiger partial charge in [0.15, 0.2) is 0 Å². The van der Waals surface area contributed by atoms with Gasteiger partial charge < -0.3 is 15.0 Å². The van der Waals surface area contributed by atoms with Gasteiger partial charge in [0.1, 0.15) is 6.61 Å². The van der Waals surface area contributed by atoms with Crippen molar-refractivity contribution in [1.29, 1.82) is 0 Å². The van der Waals surface area contributed by atoms with Gasteiger partial charge in [0.25, 0.3) is 5.92 Å². The van der Waals surface area contributed by atoms with Crippen molar-refractivity contribution in [3.63, 3.8) is 0 Å². The Morgan fingerprint density at radius 3 is 2.50 bits per heavy atom. The molecular formula is C9H20F2N2O. The summed E-state index contributed by atoms with van der Waals surface area (Å²) >= 11 is 0. The van der Waals surface area contributed by atoms with Crippen molar-refractivity contribution in [3.8, 4) is 0 Å². The van der Waals surface area contributed by atoms with E-state index >= 15 is 0 Å². The molecule has 0 saturated carbocycles. The number of alkyl halides is 2. The fourth-order valence-corrected chi connectivity index (χ4v) is 0.828. The van der Waals surface area contributed by atoms with Crippen LogP contribution in [0.4, 0.5) is 8.78 Å². The van der Waals surface area contributed by atoms with E-state index in [2.05, 4.69) is 5.32 Å². The van der Waals surface area contributed by atoms with Crippen molar-refractivity contribution in [2.45, 2.75) is 12.8 Å². The molecule has 0 atom stereocenters. The minimum atomic E-state index is -2.76. The van der Waals surface area contributed by atoms with Crippen LogP contribution >= 0.6 is 0 Å². The first-order valence-corrected chi connectivity index (χ1v) is 4.79. The third kappa shape index (κ3) is 8.34. The Labute approximate surface area is 84.4 Å². The molecular weight excluding hydrogens is 190 g/mol. The average molecular weight is 210 g/mol. The number of ether oxygens (including phenoxy) is 1. The lowest BCUT2D eigenvalue weighted by Gasteiger charge is -2.17. The number of hydrogen-bond acceptors (Lipinski definition) is 3. The van der Waals surface area contributed by atoms with Crippen LogP contribution in [0.15, 0.2) is 0 Å². The monoisotopic (exact) mass is 210 g/mol. The van der Waals surface area contributed by atoms with Crippen molar-refractivity contribution in [3.05, 3.63) is 0 Å². The molecule has 14 heavy (non-hydrogen) atoms. The van der Waals surface area contributed by atoms with E-state index in [1.165, 1.54) is 0 Å². The lowest BCUT2D eigenvalue weighted by molar-refractivity contribution is -0.0757. The average Bonchev–Trinajstić information content (AvgIpc) is 2.09. The second kappa shape index (κ2) is 7.09. The zero-order valence-electron chi connectivity index (χ0n) is 9.15. The molecule has 0 saturated heterocycles. The summed E-state index contributed by atoms with van der Waals surface area (Å²) in [4.78, 5) is 1.89. The predicted molar refractivity (Wildman–Crippen MR) is 52.9 cm³/mol. The molecule has 1 N–H and O–H groups in total. The van der Waals surface area contributed by atoms with Crippen LogP contribution in [0.5, 0.6) is 0 Å². The minimum Gasteiger partial charge on any atom is -0.374 e. The molecule has 0 aliphatic carbocycles. The summed E-state index contributed by atoms with van der Waals surface area (Å²) in [6, 6.07) is 0. The maximum Gasteiger partial charge on any atom is 0.283 e. The van der Waals surface area contributed by atoms with E-state index in [4.69, 9.17) is 4.74 Å². The molecule has 0 aromatic heterocycles. The molecule has 0 fully saturated rings. The van der Waals surface area contributed by atoms with E-state index in [0.717, 1.165) is 0 Å². The van der Waals surface area contributed by atoms with Gasteiger partial charge in [-0.3, -0.25) is 0 Å². The quantitative estimate of drug-likeness (QED) is 0.600. The second-order valence-electron chi connectivity index (χ2n) is 3.49. The van der Waals surface area contributed by atoms with E-state index in [1.54, 1.807) is 6.92 Å². The van der Waals surface area contributed by atoms with Crippen molar-refractivity contribution in [2.75, 3.05) is 46.9 Å². The van der Waals surface area contributed by atoms with Crippen LogP contribution in [-0.2, 0) is 4.74 Å². The van der Waals surface area contributed by atoms with Crippen molar-refractivity contribution in [1.82, 2.24) is 10.2 Å². The maximum absolute atomic E-state index is 12.9. The van der Waals surface area contributed by atoms with Gasteiger partial charge in [-0.05, 0) is 20.6 Å². The number of nitrogens with one attached hydrogen (secondary N) is 1. The Bertz CT molecular complexity index is 143. The number of hydrogen-bond donors (Lipinski definition) is 1. The molecule has 0 unspecified atom stereocenters. The SMILES string of the molecule is CCNCC(F)(F)COCCN(C)C. The van der Waals surface area contributed by atoms with Gasteiger partial charge in [-0.15, -0.1) is 0 Å². The fourth-order valence-electron chi connectivity index (χ4n) is 0.828. The lowest BCUT2D eigenvalue weighted by atomic mass is 10.3. The van der Waals surface area contributed by atoms with Gasteiger partial charge in [-0.1, -0.05) is 6.92 Å². The molecule has 5 heteroatoms. The predicted octanol–water partition coefficient (Wildman–Crippen LogP) is 0.809. The van der Waals surface area contributed by atoms with Crippen molar-refractivity contribution < 1.29 is 13.5 Å². The fraction of sp³-hybridized carbons (Fsp3) is 1.00. The summed E-state index contributed by atoms with van der Waals surface area (Å²) in [6.07, 6.45) is 0. The first kappa shape index (κ1) is 13.7. The summed E-state index contributed by atoms with van der Waals surface area (Å²) in [5, 5.41) is 2.60. The van der Waals surface area contributed by atoms with E-state index in [0.29, 0.717) is 19.7 Å². The van der Waals surface area contributed by atoms with Gasteiger partial charge in [0.05, 0.1) is 13.2 Å². The lowest BCUT2D eigenvalue weighted by Crippen LogP contribution is -2.37. The molecule has 0 heterocycles. The number of halogens is 2. The molecule has 0 bridgehead atoms. The molecule has 86 valence electrons. The van der Waals surface area contributed by atoms with Crippen LogP contribution in [0.1, 0.15) is 6.92 Å². The van der Waals surface area contributed by atoms with Crippen LogP contribution in [0, 0.1) is 0 Å². The van der Waals surface area contributed by atoms with Gasteiger partial charge in [0, 0.05) is 6.54 Å². The minimum absolute atomic E-state index is 0.314. The zero-order chi connectivity index (χ0) is 11.0. The van der Waals surface area contributed by atoms with Gasteiger partial charge in [0.2, 0.25) is 0 Å². The van der Waals surface area contributed by atoms with Gasteiger partial charge >= 0.3 is 0 Å². The molecule has 0 aromatic carbocycles. The van der Waals surface area contributed by atoms with E-state index in [-0.39, 0.29) is 6.54 Å². The summed E-state index contributed by atoms with van der Waals surface area (Å²) in [6.45, 7) is 2.53. The molecule has 0 aliphatic heterocycles.